The number of carbonyl (C=O) groups excluding carboxylic acids is 1. The molecule has 0 atom stereocenters. The third-order valence-corrected chi connectivity index (χ3v) is 3.20. The van der Waals surface area contributed by atoms with Gasteiger partial charge in [0.15, 0.2) is 0 Å². The van der Waals surface area contributed by atoms with Gasteiger partial charge in [-0.3, -0.25) is 4.79 Å². The molecular weight excluding hydrogens is 212 g/mol. The zero-order chi connectivity index (χ0) is 12.2. The van der Waals surface area contributed by atoms with Gasteiger partial charge >= 0.3 is 5.97 Å². The monoisotopic (exact) mass is 238 g/mol. The minimum absolute atomic E-state index is 0.00279. The van der Waals surface area contributed by atoms with E-state index in [0.29, 0.717) is 13.0 Å². The van der Waals surface area contributed by atoms with E-state index in [1.54, 1.807) is 0 Å². The fraction of sp³-hybridized carbons (Fsp3) is 0.800. The van der Waals surface area contributed by atoms with E-state index in [-0.39, 0.29) is 5.97 Å². The van der Waals surface area contributed by atoms with Crippen molar-refractivity contribution in [1.29, 1.82) is 0 Å². The number of hydrogen-bond donors (Lipinski definition) is 0. The van der Waals surface area contributed by atoms with Crippen LogP contribution in [0, 0.1) is 0 Å². The second-order valence-electron chi connectivity index (χ2n) is 4.85. The van der Waals surface area contributed by atoms with Gasteiger partial charge in [0, 0.05) is 6.42 Å². The molecule has 0 amide bonds. The molecule has 0 aromatic carbocycles. The normalized spacial score (nSPS) is 22.0. The summed E-state index contributed by atoms with van der Waals surface area (Å²) in [5.41, 5.74) is 0. The van der Waals surface area contributed by atoms with E-state index in [4.69, 9.17) is 4.74 Å². The van der Waals surface area contributed by atoms with Crippen LogP contribution >= 0.6 is 0 Å². The van der Waals surface area contributed by atoms with Crippen LogP contribution in [0.15, 0.2) is 12.2 Å². The lowest BCUT2D eigenvalue weighted by molar-refractivity contribution is -0.143. The number of allylic oxidation sites excluding steroid dienone is 2. The molecule has 0 fully saturated rings. The molecule has 0 radical (unpaired) electrons. The average molecular weight is 238 g/mol. The Morgan fingerprint density at radius 2 is 1.35 bits per heavy atom. The summed E-state index contributed by atoms with van der Waals surface area (Å²) < 4.78 is 5.19. The smallest absolute Gasteiger partial charge is 0.305 e. The molecule has 0 saturated heterocycles. The molecule has 1 aliphatic rings. The number of cyclic esters (lactones) is 1. The predicted molar refractivity (Wildman–Crippen MR) is 70.9 cm³/mol. The minimum atomic E-state index is -0.00279. The Hall–Kier alpha value is -0.790. The first-order valence-electron chi connectivity index (χ1n) is 7.20. The van der Waals surface area contributed by atoms with Gasteiger partial charge in [-0.2, -0.15) is 0 Å². The Morgan fingerprint density at radius 3 is 2.06 bits per heavy atom. The van der Waals surface area contributed by atoms with Crippen molar-refractivity contribution < 1.29 is 9.53 Å². The summed E-state index contributed by atoms with van der Waals surface area (Å²) in [6, 6.07) is 0. The molecule has 0 aromatic heterocycles. The summed E-state index contributed by atoms with van der Waals surface area (Å²) in [5.74, 6) is -0.00279. The van der Waals surface area contributed by atoms with Gasteiger partial charge in [-0.1, -0.05) is 37.8 Å². The predicted octanol–water partition coefficient (Wildman–Crippen LogP) is 4.39. The summed E-state index contributed by atoms with van der Waals surface area (Å²) in [5, 5.41) is 0. The molecular formula is C15H26O2. The Balaban J connectivity index is 2.18. The van der Waals surface area contributed by atoms with Crippen LogP contribution in [0.1, 0.15) is 70.6 Å². The van der Waals surface area contributed by atoms with Crippen LogP contribution in [0.4, 0.5) is 0 Å². The van der Waals surface area contributed by atoms with Crippen LogP contribution in [-0.4, -0.2) is 12.6 Å². The fourth-order valence-electron chi connectivity index (χ4n) is 2.10. The van der Waals surface area contributed by atoms with E-state index in [0.717, 1.165) is 19.3 Å². The quantitative estimate of drug-likeness (QED) is 0.462. The molecule has 17 heavy (non-hydrogen) atoms. The fourth-order valence-corrected chi connectivity index (χ4v) is 2.10. The third-order valence-electron chi connectivity index (χ3n) is 3.20. The molecule has 0 aliphatic carbocycles. The molecule has 2 heteroatoms. The topological polar surface area (TPSA) is 26.3 Å². The highest BCUT2D eigenvalue weighted by Gasteiger charge is 2.02. The van der Waals surface area contributed by atoms with Crippen LogP contribution in [0.2, 0.25) is 0 Å². The van der Waals surface area contributed by atoms with E-state index < -0.39 is 0 Å². The summed E-state index contributed by atoms with van der Waals surface area (Å²) >= 11 is 0. The summed E-state index contributed by atoms with van der Waals surface area (Å²) in [4.78, 5) is 11.3. The van der Waals surface area contributed by atoms with Crippen molar-refractivity contribution in [2.75, 3.05) is 6.61 Å². The molecule has 0 unspecified atom stereocenters. The molecule has 2 nitrogen and oxygen atoms in total. The van der Waals surface area contributed by atoms with Gasteiger partial charge < -0.3 is 4.74 Å². The molecule has 0 N–H and O–H groups in total. The number of carbonyl (C=O) groups is 1. The van der Waals surface area contributed by atoms with E-state index in [1.807, 2.05) is 0 Å². The van der Waals surface area contributed by atoms with E-state index in [2.05, 4.69) is 12.2 Å². The van der Waals surface area contributed by atoms with Crippen molar-refractivity contribution in [3.63, 3.8) is 0 Å². The number of rotatable bonds is 0. The molecule has 1 heterocycles. The van der Waals surface area contributed by atoms with Gasteiger partial charge in [-0.25, -0.2) is 0 Å². The van der Waals surface area contributed by atoms with Crippen molar-refractivity contribution in [3.05, 3.63) is 12.2 Å². The summed E-state index contributed by atoms with van der Waals surface area (Å²) in [6.07, 6.45) is 17.0. The van der Waals surface area contributed by atoms with Crippen molar-refractivity contribution >= 4 is 5.97 Å². The van der Waals surface area contributed by atoms with E-state index >= 15 is 0 Å². The van der Waals surface area contributed by atoms with Crippen LogP contribution in [0.25, 0.3) is 0 Å². The van der Waals surface area contributed by atoms with Gasteiger partial charge in [-0.05, 0) is 38.5 Å². The first-order valence-corrected chi connectivity index (χ1v) is 7.20. The molecule has 1 aliphatic heterocycles. The average Bonchev–Trinajstić information content (AvgIpc) is 2.32. The first-order chi connectivity index (χ1) is 8.39. The van der Waals surface area contributed by atoms with Crippen molar-refractivity contribution in [3.8, 4) is 0 Å². The highest BCUT2D eigenvalue weighted by molar-refractivity contribution is 5.69. The maximum absolute atomic E-state index is 11.3. The largest absolute Gasteiger partial charge is 0.466 e. The van der Waals surface area contributed by atoms with Crippen LogP contribution in [0.5, 0.6) is 0 Å². The van der Waals surface area contributed by atoms with Crippen LogP contribution in [-0.2, 0) is 9.53 Å². The second kappa shape index (κ2) is 10.4. The first kappa shape index (κ1) is 14.3. The van der Waals surface area contributed by atoms with Crippen LogP contribution in [0.3, 0.4) is 0 Å². The molecule has 0 aromatic rings. The lowest BCUT2D eigenvalue weighted by Gasteiger charge is -2.05. The molecule has 0 spiro atoms. The van der Waals surface area contributed by atoms with Gasteiger partial charge in [0.25, 0.3) is 0 Å². The van der Waals surface area contributed by atoms with Gasteiger partial charge in [-0.15, -0.1) is 0 Å². The Morgan fingerprint density at radius 1 is 0.765 bits per heavy atom. The van der Waals surface area contributed by atoms with Gasteiger partial charge in [0.1, 0.15) is 0 Å². The minimum Gasteiger partial charge on any atom is -0.466 e. The SMILES string of the molecule is O=C1CCCCCCC=CCCCCCCO1. The van der Waals surface area contributed by atoms with E-state index in [9.17, 15) is 4.79 Å². The van der Waals surface area contributed by atoms with Gasteiger partial charge in [0.05, 0.1) is 6.61 Å². The van der Waals surface area contributed by atoms with Crippen LogP contribution < -0.4 is 0 Å². The van der Waals surface area contributed by atoms with Crippen molar-refractivity contribution in [2.45, 2.75) is 70.6 Å². The molecule has 1 rings (SSSR count). The lowest BCUT2D eigenvalue weighted by atomic mass is 10.1. The second-order valence-corrected chi connectivity index (χ2v) is 4.85. The number of ether oxygens (including phenoxy) is 1. The zero-order valence-electron chi connectivity index (χ0n) is 11.0. The highest BCUT2D eigenvalue weighted by Crippen LogP contribution is 2.09. The lowest BCUT2D eigenvalue weighted by Crippen LogP contribution is -2.05. The highest BCUT2D eigenvalue weighted by atomic mass is 16.5. The Bertz CT molecular complexity index is 221. The summed E-state index contributed by atoms with van der Waals surface area (Å²) in [6.45, 7) is 0.620. The summed E-state index contributed by atoms with van der Waals surface area (Å²) in [7, 11) is 0. The molecule has 0 saturated carbocycles. The molecule has 98 valence electrons. The maximum Gasteiger partial charge on any atom is 0.305 e. The Kier molecular flexibility index (Phi) is 8.71. The standard InChI is InChI=1S/C15H26O2/c16-15-13-11-9-7-5-3-1-2-4-6-8-10-12-14-17-15/h1-2H,3-14H2. The third kappa shape index (κ3) is 8.96. The van der Waals surface area contributed by atoms with Crippen molar-refractivity contribution in [2.24, 2.45) is 0 Å². The maximum atomic E-state index is 11.3. The number of hydrogen-bond acceptors (Lipinski definition) is 2. The van der Waals surface area contributed by atoms with Gasteiger partial charge in [0.2, 0.25) is 0 Å². The Labute approximate surface area is 105 Å². The van der Waals surface area contributed by atoms with Crippen molar-refractivity contribution in [1.82, 2.24) is 0 Å². The number of esters is 1. The molecule has 0 bridgehead atoms. The van der Waals surface area contributed by atoms with E-state index in [1.165, 1.54) is 44.9 Å². The zero-order valence-corrected chi connectivity index (χ0v) is 11.0.